The fourth-order valence-corrected chi connectivity index (χ4v) is 1.59. The highest BCUT2D eigenvalue weighted by atomic mass is 16.4. The predicted octanol–water partition coefficient (Wildman–Crippen LogP) is 0.978. The quantitative estimate of drug-likeness (QED) is 0.406. The molecule has 0 amide bonds. The molecule has 0 saturated carbocycles. The lowest BCUT2D eigenvalue weighted by Crippen LogP contribution is -2.15. The van der Waals surface area contributed by atoms with Crippen LogP contribution in [0.2, 0.25) is 0 Å². The normalized spacial score (nSPS) is 12.9. The number of carboxylic acid groups (broad SMARTS) is 3. The summed E-state index contributed by atoms with van der Waals surface area (Å²) in [7, 11) is 0. The molecule has 0 aliphatic carbocycles. The van der Waals surface area contributed by atoms with Crippen LogP contribution in [-0.2, 0) is 14.4 Å². The Labute approximate surface area is 120 Å². The van der Waals surface area contributed by atoms with E-state index < -0.39 is 35.7 Å². The third-order valence-electron chi connectivity index (χ3n) is 2.75. The number of hydrogen-bond donors (Lipinski definition) is 4. The Kier molecular flexibility index (Phi) is 6.29. The van der Waals surface area contributed by atoms with Crippen LogP contribution in [0.15, 0.2) is 46.6 Å². The Hall–Kier alpha value is -2.67. The highest BCUT2D eigenvalue weighted by Crippen LogP contribution is 2.30. The number of rotatable bonds is 7. The van der Waals surface area contributed by atoms with Crippen molar-refractivity contribution in [3.05, 3.63) is 46.6 Å². The van der Waals surface area contributed by atoms with Crippen molar-refractivity contribution in [1.82, 2.24) is 0 Å². The van der Waals surface area contributed by atoms with Crippen molar-refractivity contribution in [1.29, 1.82) is 0 Å². The molecule has 0 spiro atoms. The van der Waals surface area contributed by atoms with Crippen molar-refractivity contribution >= 4 is 17.9 Å². The van der Waals surface area contributed by atoms with E-state index in [1.807, 2.05) is 0 Å². The molecule has 0 atom stereocenters. The van der Waals surface area contributed by atoms with Crippen LogP contribution >= 0.6 is 0 Å². The number of aliphatic hydroxyl groups is 1. The van der Waals surface area contributed by atoms with Crippen molar-refractivity contribution in [2.45, 2.75) is 13.8 Å². The van der Waals surface area contributed by atoms with Crippen LogP contribution in [0.3, 0.4) is 0 Å². The maximum atomic E-state index is 11.1. The van der Waals surface area contributed by atoms with E-state index in [9.17, 15) is 14.4 Å². The maximum absolute atomic E-state index is 11.1. The van der Waals surface area contributed by atoms with Crippen LogP contribution < -0.4 is 0 Å². The fraction of sp³-hybridized carbons (Fsp3) is 0.214. The highest BCUT2D eigenvalue weighted by Gasteiger charge is 2.25. The fourth-order valence-electron chi connectivity index (χ4n) is 1.59. The topological polar surface area (TPSA) is 132 Å². The highest BCUT2D eigenvalue weighted by molar-refractivity contribution is 6.01. The zero-order chi connectivity index (χ0) is 16.9. The van der Waals surface area contributed by atoms with Gasteiger partial charge in [-0.15, -0.1) is 0 Å². The van der Waals surface area contributed by atoms with Gasteiger partial charge in [0, 0.05) is 16.7 Å². The van der Waals surface area contributed by atoms with Gasteiger partial charge in [0.15, 0.2) is 0 Å². The monoisotopic (exact) mass is 296 g/mol. The van der Waals surface area contributed by atoms with Gasteiger partial charge in [-0.1, -0.05) is 13.2 Å². The Balaban J connectivity index is 6.69. The SMILES string of the molecule is C=C(CO)C(=C(/C)C(=O)O)/C(C(=C)C(=O)O)=C(\C)C(=O)O. The second-order valence-electron chi connectivity index (χ2n) is 4.16. The van der Waals surface area contributed by atoms with Crippen LogP contribution in [0.4, 0.5) is 0 Å². The Morgan fingerprint density at radius 2 is 1.19 bits per heavy atom. The van der Waals surface area contributed by atoms with Gasteiger partial charge in [-0.3, -0.25) is 0 Å². The molecule has 21 heavy (non-hydrogen) atoms. The van der Waals surface area contributed by atoms with Gasteiger partial charge in [-0.25, -0.2) is 14.4 Å². The third kappa shape index (κ3) is 4.15. The predicted molar refractivity (Wildman–Crippen MR) is 73.7 cm³/mol. The molecule has 7 heteroatoms. The third-order valence-corrected chi connectivity index (χ3v) is 2.75. The lowest BCUT2D eigenvalue weighted by Gasteiger charge is -2.17. The zero-order valence-corrected chi connectivity index (χ0v) is 11.6. The molecular formula is C14H16O7. The van der Waals surface area contributed by atoms with Crippen molar-refractivity contribution in [3.8, 4) is 0 Å². The van der Waals surface area contributed by atoms with Gasteiger partial charge in [0.05, 0.1) is 12.2 Å². The molecule has 0 aromatic rings. The Morgan fingerprint density at radius 3 is 1.48 bits per heavy atom. The Bertz CT molecular complexity index is 590. The molecule has 114 valence electrons. The maximum Gasteiger partial charge on any atom is 0.335 e. The first kappa shape index (κ1) is 18.3. The molecule has 0 bridgehead atoms. The van der Waals surface area contributed by atoms with E-state index in [1.165, 1.54) is 0 Å². The summed E-state index contributed by atoms with van der Waals surface area (Å²) in [6.45, 7) is 8.32. The molecule has 4 N–H and O–H groups in total. The molecular weight excluding hydrogens is 280 g/mol. The van der Waals surface area contributed by atoms with E-state index >= 15 is 0 Å². The summed E-state index contributed by atoms with van der Waals surface area (Å²) < 4.78 is 0. The summed E-state index contributed by atoms with van der Waals surface area (Å²) >= 11 is 0. The molecule has 0 radical (unpaired) electrons. The van der Waals surface area contributed by atoms with Gasteiger partial charge in [-0.05, 0) is 25.0 Å². The smallest absolute Gasteiger partial charge is 0.335 e. The second-order valence-corrected chi connectivity index (χ2v) is 4.16. The van der Waals surface area contributed by atoms with E-state index in [0.29, 0.717) is 0 Å². The van der Waals surface area contributed by atoms with E-state index in [0.717, 1.165) is 13.8 Å². The zero-order valence-electron chi connectivity index (χ0n) is 11.6. The largest absolute Gasteiger partial charge is 0.478 e. The summed E-state index contributed by atoms with van der Waals surface area (Å²) in [6.07, 6.45) is 0. The van der Waals surface area contributed by atoms with Crippen LogP contribution in [0.5, 0.6) is 0 Å². The number of carbonyl (C=O) groups is 3. The molecule has 0 heterocycles. The molecule has 0 aromatic carbocycles. The van der Waals surface area contributed by atoms with E-state index in [1.54, 1.807) is 0 Å². The number of aliphatic carboxylic acids is 3. The first-order valence-corrected chi connectivity index (χ1v) is 5.66. The first-order valence-electron chi connectivity index (χ1n) is 5.66. The number of hydrogen-bond acceptors (Lipinski definition) is 4. The molecule has 0 unspecified atom stereocenters. The minimum atomic E-state index is -1.51. The molecule has 0 aliphatic heterocycles. The van der Waals surface area contributed by atoms with Gasteiger partial charge in [0.25, 0.3) is 0 Å². The van der Waals surface area contributed by atoms with Gasteiger partial charge in [0.1, 0.15) is 0 Å². The summed E-state index contributed by atoms with van der Waals surface area (Å²) in [5, 5.41) is 36.3. The van der Waals surface area contributed by atoms with Crippen LogP contribution in [0.25, 0.3) is 0 Å². The van der Waals surface area contributed by atoms with Crippen molar-refractivity contribution in [2.75, 3.05) is 6.61 Å². The minimum absolute atomic E-state index is 0.118. The summed E-state index contributed by atoms with van der Waals surface area (Å²) in [6, 6.07) is 0. The van der Waals surface area contributed by atoms with Crippen molar-refractivity contribution in [3.63, 3.8) is 0 Å². The summed E-state index contributed by atoms with van der Waals surface area (Å²) in [5.74, 6) is -4.34. The van der Waals surface area contributed by atoms with Crippen molar-refractivity contribution < 1.29 is 34.8 Å². The van der Waals surface area contributed by atoms with Gasteiger partial charge < -0.3 is 20.4 Å². The van der Waals surface area contributed by atoms with E-state index in [2.05, 4.69) is 13.2 Å². The summed E-state index contributed by atoms with van der Waals surface area (Å²) in [5.41, 5.74) is -2.10. The van der Waals surface area contributed by atoms with Gasteiger partial charge >= 0.3 is 17.9 Å². The van der Waals surface area contributed by atoms with E-state index in [4.69, 9.17) is 20.4 Å². The molecule has 0 aromatic heterocycles. The standard InChI is InChI=1S/C14H16O7/c1-6(5-15)10(7(2)12(16)17)11(8(3)13(18)19)9(4)14(20)21/h15H,1,3,5H2,2,4H3,(H,16,17)(H,18,19)(H,20,21)/b10-7+,11-9+. The molecule has 0 aliphatic rings. The first-order chi connectivity index (χ1) is 9.56. The minimum Gasteiger partial charge on any atom is -0.478 e. The average molecular weight is 296 g/mol. The lowest BCUT2D eigenvalue weighted by atomic mass is 9.87. The second kappa shape index (κ2) is 7.20. The average Bonchev–Trinajstić information content (AvgIpc) is 2.41. The Morgan fingerprint density at radius 1 is 0.810 bits per heavy atom. The van der Waals surface area contributed by atoms with Crippen LogP contribution in [0.1, 0.15) is 13.8 Å². The van der Waals surface area contributed by atoms with E-state index in [-0.39, 0.29) is 22.3 Å². The lowest BCUT2D eigenvalue weighted by molar-refractivity contribution is -0.134. The molecule has 0 fully saturated rings. The van der Waals surface area contributed by atoms with Crippen LogP contribution in [-0.4, -0.2) is 44.9 Å². The van der Waals surface area contributed by atoms with Gasteiger partial charge in [0.2, 0.25) is 0 Å². The number of carboxylic acids is 3. The molecule has 7 nitrogen and oxygen atoms in total. The number of aliphatic hydroxyl groups excluding tert-OH is 1. The summed E-state index contributed by atoms with van der Waals surface area (Å²) in [4.78, 5) is 33.3. The van der Waals surface area contributed by atoms with Gasteiger partial charge in [-0.2, -0.15) is 0 Å². The molecule has 0 rings (SSSR count). The van der Waals surface area contributed by atoms with Crippen LogP contribution in [0, 0.1) is 0 Å². The van der Waals surface area contributed by atoms with Crippen molar-refractivity contribution in [2.24, 2.45) is 0 Å². The molecule has 0 saturated heterocycles.